The van der Waals surface area contributed by atoms with E-state index in [-0.39, 0.29) is 5.91 Å². The molecule has 0 saturated carbocycles. The summed E-state index contributed by atoms with van der Waals surface area (Å²) in [5.74, 6) is 0.557. The Balaban J connectivity index is 1.91. The number of carbonyl (C=O) groups excluding carboxylic acids is 1. The van der Waals surface area contributed by atoms with Crippen molar-refractivity contribution >= 4 is 11.6 Å². The van der Waals surface area contributed by atoms with E-state index in [9.17, 15) is 4.79 Å². The number of amides is 1. The van der Waals surface area contributed by atoms with Gasteiger partial charge in [0, 0.05) is 24.4 Å². The van der Waals surface area contributed by atoms with E-state index in [1.165, 1.54) is 0 Å². The van der Waals surface area contributed by atoms with Gasteiger partial charge in [0.05, 0.1) is 24.8 Å². The highest BCUT2D eigenvalue weighted by atomic mass is 16.5. The van der Waals surface area contributed by atoms with E-state index in [2.05, 4.69) is 21.7 Å². The van der Waals surface area contributed by atoms with Crippen molar-refractivity contribution in [3.63, 3.8) is 0 Å². The maximum atomic E-state index is 13.3. The fourth-order valence-corrected chi connectivity index (χ4v) is 3.11. The maximum Gasteiger partial charge on any atom is 0.247 e. The first-order valence-electron chi connectivity index (χ1n) is 10.5. The minimum atomic E-state index is -0.729. The number of aromatic nitrogens is 1. The molecule has 32 heavy (non-hydrogen) atoms. The van der Waals surface area contributed by atoms with Gasteiger partial charge in [-0.1, -0.05) is 30.3 Å². The second-order valence-corrected chi connectivity index (χ2v) is 6.91. The average Bonchev–Trinajstić information content (AvgIpc) is 2.82. The van der Waals surface area contributed by atoms with Crippen LogP contribution in [0.5, 0.6) is 11.8 Å². The van der Waals surface area contributed by atoms with Gasteiger partial charge in [0.1, 0.15) is 6.04 Å². The number of hydrogen-bond acceptors (Lipinski definition) is 6. The molecule has 3 rings (SSSR count). The molecule has 0 aliphatic rings. The van der Waals surface area contributed by atoms with E-state index in [0.717, 1.165) is 5.56 Å². The topological polar surface area (TPSA) is 96.3 Å². The Hall–Kier alpha value is -4.05. The van der Waals surface area contributed by atoms with Crippen LogP contribution in [-0.2, 0) is 11.3 Å². The van der Waals surface area contributed by atoms with E-state index in [1.54, 1.807) is 36.4 Å². The molecule has 0 bridgehead atoms. The predicted molar refractivity (Wildman–Crippen MR) is 122 cm³/mol. The predicted octanol–water partition coefficient (Wildman–Crippen LogP) is 4.22. The zero-order valence-corrected chi connectivity index (χ0v) is 18.2. The summed E-state index contributed by atoms with van der Waals surface area (Å²) in [5.41, 5.74) is 2.90. The highest BCUT2D eigenvalue weighted by Crippen LogP contribution is 2.27. The van der Waals surface area contributed by atoms with Crippen molar-refractivity contribution in [2.24, 2.45) is 0 Å². The van der Waals surface area contributed by atoms with Crippen molar-refractivity contribution in [3.8, 4) is 17.8 Å². The van der Waals surface area contributed by atoms with Crippen LogP contribution in [0, 0.1) is 11.3 Å². The molecule has 1 atom stereocenters. The molecule has 0 saturated heterocycles. The molecule has 0 spiro atoms. The highest BCUT2D eigenvalue weighted by molar-refractivity contribution is 5.86. The normalized spacial score (nSPS) is 11.2. The molecule has 0 aliphatic heterocycles. The third-order valence-electron chi connectivity index (χ3n) is 4.62. The zero-order chi connectivity index (χ0) is 22.8. The minimum absolute atomic E-state index is 0.214. The number of benzene rings is 2. The molecular formula is C25H26N4O3. The number of anilines is 1. The second kappa shape index (κ2) is 11.4. The second-order valence-electron chi connectivity index (χ2n) is 6.91. The first kappa shape index (κ1) is 22.6. The lowest BCUT2D eigenvalue weighted by atomic mass is 10.1. The molecule has 1 amide bonds. The first-order chi connectivity index (χ1) is 15.6. The van der Waals surface area contributed by atoms with Gasteiger partial charge < -0.3 is 20.1 Å². The lowest BCUT2D eigenvalue weighted by Crippen LogP contribution is -2.33. The van der Waals surface area contributed by atoms with Gasteiger partial charge in [0.2, 0.25) is 17.7 Å². The summed E-state index contributed by atoms with van der Waals surface area (Å²) in [5, 5.41) is 15.3. The molecule has 1 aromatic heterocycles. The highest BCUT2D eigenvalue weighted by Gasteiger charge is 2.23. The number of hydrogen-bond donors (Lipinski definition) is 2. The first-order valence-corrected chi connectivity index (χ1v) is 10.5. The Bertz CT molecular complexity index is 1040. The SMILES string of the molecule is CCOc1cc(C(Nc2ccc(C#N)cc2)C(=O)NCc2ccccc2)cc(OCC)n1. The van der Waals surface area contributed by atoms with Gasteiger partial charge in [-0.05, 0) is 49.2 Å². The number of nitriles is 1. The average molecular weight is 431 g/mol. The summed E-state index contributed by atoms with van der Waals surface area (Å²) in [7, 11) is 0. The van der Waals surface area contributed by atoms with Crippen LogP contribution in [-0.4, -0.2) is 24.1 Å². The number of ether oxygens (including phenoxy) is 2. The van der Waals surface area contributed by atoms with Crippen molar-refractivity contribution < 1.29 is 14.3 Å². The summed E-state index contributed by atoms with van der Waals surface area (Å²) >= 11 is 0. The number of rotatable bonds is 10. The van der Waals surface area contributed by atoms with Crippen LogP contribution >= 0.6 is 0 Å². The Morgan fingerprint density at radius 2 is 1.62 bits per heavy atom. The van der Waals surface area contributed by atoms with Gasteiger partial charge in [-0.25, -0.2) is 0 Å². The Kier molecular flexibility index (Phi) is 8.04. The van der Waals surface area contributed by atoms with Crippen LogP contribution in [0.1, 0.15) is 36.6 Å². The standard InChI is InChI=1S/C25H26N4O3/c1-3-31-22-14-20(15-23(29-22)32-4-2)24(28-21-12-10-18(16-26)11-13-21)25(30)27-17-19-8-6-5-7-9-19/h5-15,24,28H,3-4,17H2,1-2H3,(H,27,30). The van der Waals surface area contributed by atoms with E-state index >= 15 is 0 Å². The molecule has 0 radical (unpaired) electrons. The summed E-state index contributed by atoms with van der Waals surface area (Å²) in [6.45, 7) is 5.01. The molecule has 0 aliphatic carbocycles. The maximum absolute atomic E-state index is 13.3. The summed E-state index contributed by atoms with van der Waals surface area (Å²) < 4.78 is 11.2. The van der Waals surface area contributed by atoms with Gasteiger partial charge in [-0.2, -0.15) is 10.2 Å². The number of pyridine rings is 1. The molecule has 1 heterocycles. The fourth-order valence-electron chi connectivity index (χ4n) is 3.11. The molecule has 164 valence electrons. The van der Waals surface area contributed by atoms with Gasteiger partial charge in [-0.15, -0.1) is 0 Å². The monoisotopic (exact) mass is 430 g/mol. The van der Waals surface area contributed by atoms with E-state index in [0.29, 0.717) is 48.3 Å². The third kappa shape index (κ3) is 6.22. The van der Waals surface area contributed by atoms with Crippen molar-refractivity contribution in [3.05, 3.63) is 83.4 Å². The summed E-state index contributed by atoms with van der Waals surface area (Å²) in [6.07, 6.45) is 0. The molecule has 0 fully saturated rings. The Morgan fingerprint density at radius 1 is 1.00 bits per heavy atom. The fraction of sp³-hybridized carbons (Fsp3) is 0.240. The summed E-state index contributed by atoms with van der Waals surface area (Å²) in [6, 6.07) is 21.5. The molecule has 1 unspecified atom stereocenters. The van der Waals surface area contributed by atoms with Crippen LogP contribution < -0.4 is 20.1 Å². The van der Waals surface area contributed by atoms with Crippen LogP contribution in [0.2, 0.25) is 0 Å². The van der Waals surface area contributed by atoms with Crippen LogP contribution in [0.4, 0.5) is 5.69 Å². The molecular weight excluding hydrogens is 404 g/mol. The zero-order valence-electron chi connectivity index (χ0n) is 18.2. The minimum Gasteiger partial charge on any atom is -0.478 e. The van der Waals surface area contributed by atoms with Crippen LogP contribution in [0.25, 0.3) is 0 Å². The lowest BCUT2D eigenvalue weighted by Gasteiger charge is -2.21. The number of nitrogens with one attached hydrogen (secondary N) is 2. The summed E-state index contributed by atoms with van der Waals surface area (Å²) in [4.78, 5) is 17.6. The molecule has 2 aromatic carbocycles. The molecule has 7 nitrogen and oxygen atoms in total. The van der Waals surface area contributed by atoms with Crippen LogP contribution in [0.15, 0.2) is 66.7 Å². The van der Waals surface area contributed by atoms with Crippen molar-refractivity contribution in [2.75, 3.05) is 18.5 Å². The van der Waals surface area contributed by atoms with E-state index in [1.807, 2.05) is 44.2 Å². The van der Waals surface area contributed by atoms with Gasteiger partial charge in [-0.3, -0.25) is 4.79 Å². The molecule has 2 N–H and O–H groups in total. The third-order valence-corrected chi connectivity index (χ3v) is 4.62. The Morgan fingerprint density at radius 3 is 2.19 bits per heavy atom. The number of nitrogens with zero attached hydrogens (tertiary/aromatic N) is 2. The van der Waals surface area contributed by atoms with E-state index < -0.39 is 6.04 Å². The van der Waals surface area contributed by atoms with Gasteiger partial charge in [0.25, 0.3) is 0 Å². The van der Waals surface area contributed by atoms with Crippen LogP contribution in [0.3, 0.4) is 0 Å². The van der Waals surface area contributed by atoms with Gasteiger partial charge >= 0.3 is 0 Å². The smallest absolute Gasteiger partial charge is 0.247 e. The number of carbonyl (C=O) groups is 1. The molecule has 7 heteroatoms. The van der Waals surface area contributed by atoms with Crippen molar-refractivity contribution in [1.82, 2.24) is 10.3 Å². The molecule has 3 aromatic rings. The largest absolute Gasteiger partial charge is 0.478 e. The Labute approximate surface area is 188 Å². The lowest BCUT2D eigenvalue weighted by molar-refractivity contribution is -0.122. The van der Waals surface area contributed by atoms with E-state index in [4.69, 9.17) is 14.7 Å². The van der Waals surface area contributed by atoms with Gasteiger partial charge in [0.15, 0.2) is 0 Å². The quantitative estimate of drug-likeness (QED) is 0.500. The van der Waals surface area contributed by atoms with Crippen molar-refractivity contribution in [2.45, 2.75) is 26.4 Å². The van der Waals surface area contributed by atoms with Crippen molar-refractivity contribution in [1.29, 1.82) is 5.26 Å².